The summed E-state index contributed by atoms with van der Waals surface area (Å²) in [6.45, 7) is 0. The molecule has 12 heavy (non-hydrogen) atoms. The summed E-state index contributed by atoms with van der Waals surface area (Å²) in [5, 5.41) is 0. The number of carbonyl (C=O) groups excluding carboxylic acids is 2. The Labute approximate surface area is 103 Å². The number of ketones is 2. The summed E-state index contributed by atoms with van der Waals surface area (Å²) in [7, 11) is 0. The fourth-order valence-corrected chi connectivity index (χ4v) is 2.64. The van der Waals surface area contributed by atoms with Crippen molar-refractivity contribution in [1.29, 1.82) is 0 Å². The van der Waals surface area contributed by atoms with Crippen LogP contribution in [0.15, 0.2) is 17.9 Å². The highest BCUT2D eigenvalue weighted by molar-refractivity contribution is 9.16. The summed E-state index contributed by atoms with van der Waals surface area (Å²) in [5.41, 5.74) is 0. The quantitative estimate of drug-likeness (QED) is 0.560. The van der Waals surface area contributed by atoms with E-state index < -0.39 is 0 Å². The van der Waals surface area contributed by atoms with E-state index in [1.807, 2.05) is 0 Å². The third-order valence-electron chi connectivity index (χ3n) is 1.18. The van der Waals surface area contributed by atoms with Gasteiger partial charge in [0.25, 0.3) is 0 Å². The van der Waals surface area contributed by atoms with Gasteiger partial charge in [-0.1, -0.05) is 0 Å². The number of Topliss-reactive ketones (excluding diaryl/α,β-unsaturated/α-hetero) is 2. The van der Waals surface area contributed by atoms with Crippen molar-refractivity contribution in [2.45, 2.75) is 0 Å². The fraction of sp³-hybridized carbons (Fsp3) is 0. The van der Waals surface area contributed by atoms with Gasteiger partial charge in [-0.25, -0.2) is 0 Å². The van der Waals surface area contributed by atoms with Gasteiger partial charge in [-0.15, -0.1) is 0 Å². The predicted molar refractivity (Wildman–Crippen MR) is 60.9 cm³/mol. The number of halogens is 4. The van der Waals surface area contributed by atoms with Crippen molar-refractivity contribution >= 4 is 75.3 Å². The number of hydrogen-bond acceptors (Lipinski definition) is 2. The molecule has 0 bridgehead atoms. The van der Waals surface area contributed by atoms with Crippen molar-refractivity contribution in [3.8, 4) is 0 Å². The van der Waals surface area contributed by atoms with Crippen LogP contribution in [-0.2, 0) is 9.59 Å². The first-order valence-electron chi connectivity index (χ1n) is 2.66. The molecule has 1 aliphatic rings. The molecule has 0 atom stereocenters. The van der Waals surface area contributed by atoms with Crippen LogP contribution in [0.25, 0.3) is 0 Å². The summed E-state index contributed by atoms with van der Waals surface area (Å²) >= 11 is 12.0. The molecular weight excluding hydrogens is 424 g/mol. The Morgan fingerprint density at radius 3 is 1.00 bits per heavy atom. The second-order valence-corrected chi connectivity index (χ2v) is 5.09. The first-order valence-corrected chi connectivity index (χ1v) is 5.84. The highest BCUT2D eigenvalue weighted by Gasteiger charge is 2.29. The van der Waals surface area contributed by atoms with Gasteiger partial charge in [0.1, 0.15) is 0 Å². The highest BCUT2D eigenvalue weighted by atomic mass is 79.9. The molecule has 6 heteroatoms. The average molecular weight is 425 g/mol. The van der Waals surface area contributed by atoms with Crippen LogP contribution >= 0.6 is 63.7 Å². The Balaban J connectivity index is 0.00000144. The first-order chi connectivity index (χ1) is 5.46. The Morgan fingerprint density at radius 1 is 0.667 bits per heavy atom. The van der Waals surface area contributed by atoms with E-state index in [4.69, 9.17) is 0 Å². The number of carbonyl (C=O) groups is 2. The van der Waals surface area contributed by atoms with Crippen molar-refractivity contribution in [3.63, 3.8) is 0 Å². The van der Waals surface area contributed by atoms with Crippen molar-refractivity contribution in [2.24, 2.45) is 0 Å². The molecule has 0 saturated heterocycles. The van der Waals surface area contributed by atoms with Crippen LogP contribution in [-0.4, -0.2) is 11.6 Å². The SMILES string of the molecule is O=C1C(Br)=C(Br)C(=O)C(Br)=C1Br.[H+]. The molecule has 64 valence electrons. The standard InChI is InChI=1S/C6Br4O2/c7-1-2(8)6(12)4(10)3(9)5(1)11/p+1. The Kier molecular flexibility index (Phi) is 3.48. The minimum Gasteiger partial charge on any atom is -0.287 e. The van der Waals surface area contributed by atoms with Gasteiger partial charge in [0.05, 0.1) is 17.9 Å². The maximum atomic E-state index is 11.3. The Hall–Kier alpha value is 0.740. The molecule has 0 unspecified atom stereocenters. The fourth-order valence-electron chi connectivity index (χ4n) is 0.591. The van der Waals surface area contributed by atoms with Crippen LogP contribution in [0.3, 0.4) is 0 Å². The monoisotopic (exact) mass is 421 g/mol. The third-order valence-corrected chi connectivity index (χ3v) is 5.27. The van der Waals surface area contributed by atoms with Gasteiger partial charge in [0.15, 0.2) is 0 Å². The van der Waals surface area contributed by atoms with E-state index >= 15 is 0 Å². The summed E-state index contributed by atoms with van der Waals surface area (Å²) in [5.74, 6) is -0.512. The van der Waals surface area contributed by atoms with E-state index in [2.05, 4.69) is 63.7 Å². The molecule has 0 saturated carbocycles. The summed E-state index contributed by atoms with van der Waals surface area (Å²) < 4.78 is 0.954. The maximum absolute atomic E-state index is 11.3. The van der Waals surface area contributed by atoms with E-state index in [0.29, 0.717) is 0 Å². The van der Waals surface area contributed by atoms with Crippen LogP contribution in [0.4, 0.5) is 0 Å². The molecule has 1 aliphatic carbocycles. The lowest BCUT2D eigenvalue weighted by molar-refractivity contribution is -0.114. The topological polar surface area (TPSA) is 34.1 Å². The molecule has 0 amide bonds. The number of hydrogen-bond donors (Lipinski definition) is 0. The minimum atomic E-state index is -0.256. The Bertz CT molecular complexity index is 283. The molecule has 0 aliphatic heterocycles. The van der Waals surface area contributed by atoms with Crippen molar-refractivity contribution < 1.29 is 11.0 Å². The molecule has 0 aromatic carbocycles. The van der Waals surface area contributed by atoms with E-state index in [0.717, 1.165) is 0 Å². The zero-order chi connectivity index (χ0) is 9.46. The lowest BCUT2D eigenvalue weighted by atomic mass is 10.2. The Morgan fingerprint density at radius 2 is 0.833 bits per heavy atom. The van der Waals surface area contributed by atoms with Crippen LogP contribution in [0.5, 0.6) is 0 Å². The average Bonchev–Trinajstić information content (AvgIpc) is 2.08. The van der Waals surface area contributed by atoms with Gasteiger partial charge in [-0.2, -0.15) is 0 Å². The molecule has 0 aromatic heterocycles. The zero-order valence-corrected chi connectivity index (χ0v) is 11.7. The second-order valence-electron chi connectivity index (χ2n) is 1.91. The zero-order valence-electron chi connectivity index (χ0n) is 6.33. The second kappa shape index (κ2) is 3.86. The van der Waals surface area contributed by atoms with Gasteiger partial charge in [0, 0.05) is 0 Å². The van der Waals surface area contributed by atoms with E-state index in [1.54, 1.807) is 0 Å². The molecule has 0 aromatic rings. The molecule has 2 nitrogen and oxygen atoms in total. The minimum absolute atomic E-state index is 0. The maximum Gasteiger partial charge on any atom is 1.00 e. The van der Waals surface area contributed by atoms with Crippen LogP contribution < -0.4 is 0 Å². The normalized spacial score (nSPS) is 19.3. The number of rotatable bonds is 0. The lowest BCUT2D eigenvalue weighted by Gasteiger charge is -2.09. The predicted octanol–water partition coefficient (Wildman–Crippen LogP) is 3.25. The summed E-state index contributed by atoms with van der Waals surface area (Å²) in [6, 6.07) is 0. The molecule has 0 spiro atoms. The van der Waals surface area contributed by atoms with E-state index in [-0.39, 0.29) is 30.9 Å². The smallest absolute Gasteiger partial charge is 0.287 e. The molecular formula is C6HBr4O2+. The molecule has 1 rings (SSSR count). The molecule has 0 radical (unpaired) electrons. The van der Waals surface area contributed by atoms with E-state index in [1.165, 1.54) is 0 Å². The van der Waals surface area contributed by atoms with Crippen LogP contribution in [0.1, 0.15) is 1.43 Å². The lowest BCUT2D eigenvalue weighted by Crippen LogP contribution is -2.13. The van der Waals surface area contributed by atoms with E-state index in [9.17, 15) is 9.59 Å². The molecule has 0 heterocycles. The molecule has 0 N–H and O–H groups in total. The van der Waals surface area contributed by atoms with Gasteiger partial charge in [-0.05, 0) is 63.7 Å². The highest BCUT2D eigenvalue weighted by Crippen LogP contribution is 2.36. The largest absolute Gasteiger partial charge is 1.00 e. The van der Waals surface area contributed by atoms with Crippen LogP contribution in [0, 0.1) is 0 Å². The van der Waals surface area contributed by atoms with Gasteiger partial charge in [0.2, 0.25) is 11.6 Å². The van der Waals surface area contributed by atoms with Crippen LogP contribution in [0.2, 0.25) is 0 Å². The summed E-state index contributed by atoms with van der Waals surface area (Å²) in [4.78, 5) is 22.5. The molecule has 0 fully saturated rings. The van der Waals surface area contributed by atoms with Crippen molar-refractivity contribution in [1.82, 2.24) is 0 Å². The van der Waals surface area contributed by atoms with Gasteiger partial charge < -0.3 is 0 Å². The van der Waals surface area contributed by atoms with Crippen molar-refractivity contribution in [3.05, 3.63) is 17.9 Å². The third kappa shape index (κ3) is 1.66. The van der Waals surface area contributed by atoms with Gasteiger partial charge in [-0.3, -0.25) is 9.59 Å². The first kappa shape index (κ1) is 10.8. The number of allylic oxidation sites excluding steroid dienone is 4. The van der Waals surface area contributed by atoms with Gasteiger partial charge >= 0.3 is 1.43 Å². The van der Waals surface area contributed by atoms with Crippen molar-refractivity contribution in [2.75, 3.05) is 0 Å². The summed E-state index contributed by atoms with van der Waals surface area (Å²) in [6.07, 6.45) is 0.